The van der Waals surface area contributed by atoms with Crippen LogP contribution >= 0.6 is 0 Å². The number of para-hydroxylation sites is 2. The molecule has 7 heteroatoms. The van der Waals surface area contributed by atoms with Gasteiger partial charge in [-0.25, -0.2) is 0 Å². The minimum atomic E-state index is -0.0356. The zero-order chi connectivity index (χ0) is 21.5. The zero-order valence-electron chi connectivity index (χ0n) is 17.9. The minimum absolute atomic E-state index is 0.0356. The lowest BCUT2D eigenvalue weighted by Gasteiger charge is -2.36. The van der Waals surface area contributed by atoms with Crippen molar-refractivity contribution in [3.63, 3.8) is 0 Å². The largest absolute Gasteiger partial charge is 0.495 e. The number of hydrogen-bond acceptors (Lipinski definition) is 6. The third kappa shape index (κ3) is 4.45. The molecule has 0 unspecified atom stereocenters. The molecule has 3 rings (SSSR count). The average molecular weight is 412 g/mol. The Bertz CT molecular complexity index is 904. The van der Waals surface area contributed by atoms with Gasteiger partial charge in [-0.2, -0.15) is 0 Å². The van der Waals surface area contributed by atoms with Crippen molar-refractivity contribution in [2.45, 2.75) is 0 Å². The summed E-state index contributed by atoms with van der Waals surface area (Å²) in [7, 11) is 6.36. The standard InChI is InChI=1S/C23H28N2O5/c1-27-19-8-6-5-7-18(19)24-13-15-25(16-14-24)21(26)12-10-17-9-11-20(28-2)23(30-4)22(17)29-3/h5-12H,13-16H2,1-4H3/b12-10+. The van der Waals surface area contributed by atoms with Gasteiger partial charge in [0.25, 0.3) is 0 Å². The summed E-state index contributed by atoms with van der Waals surface area (Å²) < 4.78 is 21.6. The van der Waals surface area contributed by atoms with Crippen LogP contribution in [0.2, 0.25) is 0 Å². The quantitative estimate of drug-likeness (QED) is 0.652. The van der Waals surface area contributed by atoms with Crippen molar-refractivity contribution in [3.05, 3.63) is 48.0 Å². The van der Waals surface area contributed by atoms with Crippen molar-refractivity contribution < 1.29 is 23.7 Å². The van der Waals surface area contributed by atoms with E-state index in [1.54, 1.807) is 46.7 Å². The number of nitrogens with zero attached hydrogens (tertiary/aromatic N) is 2. The van der Waals surface area contributed by atoms with Crippen LogP contribution in [-0.2, 0) is 4.79 Å². The molecular weight excluding hydrogens is 384 g/mol. The molecule has 1 aliphatic rings. The van der Waals surface area contributed by atoms with Crippen LogP contribution in [0.5, 0.6) is 23.0 Å². The molecule has 0 saturated carbocycles. The number of carbonyl (C=O) groups excluding carboxylic acids is 1. The number of benzene rings is 2. The van der Waals surface area contributed by atoms with Gasteiger partial charge in [-0.3, -0.25) is 4.79 Å². The number of methoxy groups -OCH3 is 4. The molecule has 2 aromatic rings. The zero-order valence-corrected chi connectivity index (χ0v) is 17.9. The molecule has 0 aliphatic carbocycles. The van der Waals surface area contributed by atoms with Crippen molar-refractivity contribution in [1.29, 1.82) is 0 Å². The van der Waals surface area contributed by atoms with E-state index in [1.807, 2.05) is 35.2 Å². The second kappa shape index (κ2) is 9.91. The maximum atomic E-state index is 12.7. The number of rotatable bonds is 7. The number of carbonyl (C=O) groups is 1. The molecular formula is C23H28N2O5. The molecule has 1 amide bonds. The van der Waals surface area contributed by atoms with E-state index >= 15 is 0 Å². The Morgan fingerprint density at radius 3 is 2.10 bits per heavy atom. The molecule has 160 valence electrons. The lowest BCUT2D eigenvalue weighted by atomic mass is 10.1. The van der Waals surface area contributed by atoms with E-state index in [1.165, 1.54) is 0 Å². The van der Waals surface area contributed by atoms with Gasteiger partial charge in [-0.05, 0) is 30.3 Å². The van der Waals surface area contributed by atoms with E-state index < -0.39 is 0 Å². The first-order chi connectivity index (χ1) is 14.6. The van der Waals surface area contributed by atoms with Crippen LogP contribution in [-0.4, -0.2) is 65.4 Å². The summed E-state index contributed by atoms with van der Waals surface area (Å²) in [5, 5.41) is 0. The van der Waals surface area contributed by atoms with Crippen LogP contribution in [0.1, 0.15) is 5.56 Å². The number of piperazine rings is 1. The average Bonchev–Trinajstić information content (AvgIpc) is 2.81. The van der Waals surface area contributed by atoms with Crippen molar-refractivity contribution in [2.24, 2.45) is 0 Å². The van der Waals surface area contributed by atoms with Crippen LogP contribution in [0.15, 0.2) is 42.5 Å². The molecule has 0 spiro atoms. The summed E-state index contributed by atoms with van der Waals surface area (Å²) in [5.41, 5.74) is 1.80. The van der Waals surface area contributed by atoms with Gasteiger partial charge in [-0.15, -0.1) is 0 Å². The van der Waals surface area contributed by atoms with E-state index in [4.69, 9.17) is 18.9 Å². The van der Waals surface area contributed by atoms with Gasteiger partial charge in [0.05, 0.1) is 34.1 Å². The number of amides is 1. The van der Waals surface area contributed by atoms with Gasteiger partial charge >= 0.3 is 0 Å². The maximum absolute atomic E-state index is 12.7. The molecule has 0 N–H and O–H groups in total. The van der Waals surface area contributed by atoms with Gasteiger partial charge in [-0.1, -0.05) is 12.1 Å². The summed E-state index contributed by atoms with van der Waals surface area (Å²) in [5.74, 6) is 2.41. The summed E-state index contributed by atoms with van der Waals surface area (Å²) in [6.45, 7) is 2.79. The molecule has 1 fully saturated rings. The number of ether oxygens (including phenoxy) is 4. The molecule has 1 saturated heterocycles. The Kier molecular flexibility index (Phi) is 7.06. The number of hydrogen-bond donors (Lipinski definition) is 0. The van der Waals surface area contributed by atoms with Crippen LogP contribution < -0.4 is 23.8 Å². The predicted octanol–water partition coefficient (Wildman–Crippen LogP) is 3.08. The van der Waals surface area contributed by atoms with Crippen LogP contribution in [0, 0.1) is 0 Å². The van der Waals surface area contributed by atoms with Crippen molar-refractivity contribution in [3.8, 4) is 23.0 Å². The lowest BCUT2D eigenvalue weighted by Crippen LogP contribution is -2.48. The first kappa shape index (κ1) is 21.4. The molecule has 1 aliphatic heterocycles. The predicted molar refractivity (Wildman–Crippen MR) is 117 cm³/mol. The van der Waals surface area contributed by atoms with E-state index in [0.29, 0.717) is 30.3 Å². The fourth-order valence-electron chi connectivity index (χ4n) is 3.58. The molecule has 30 heavy (non-hydrogen) atoms. The highest BCUT2D eigenvalue weighted by atomic mass is 16.5. The highest BCUT2D eigenvalue weighted by Crippen LogP contribution is 2.40. The highest BCUT2D eigenvalue weighted by molar-refractivity contribution is 5.92. The maximum Gasteiger partial charge on any atom is 0.246 e. The van der Waals surface area contributed by atoms with Gasteiger partial charge in [0.2, 0.25) is 11.7 Å². The summed E-state index contributed by atoms with van der Waals surface area (Å²) in [4.78, 5) is 16.8. The normalized spacial score (nSPS) is 14.0. The molecule has 0 radical (unpaired) electrons. The molecule has 0 bridgehead atoms. The van der Waals surface area contributed by atoms with E-state index in [9.17, 15) is 4.79 Å². The second-order valence-electron chi connectivity index (χ2n) is 6.74. The van der Waals surface area contributed by atoms with Gasteiger partial charge in [0.1, 0.15) is 5.75 Å². The highest BCUT2D eigenvalue weighted by Gasteiger charge is 2.22. The molecule has 7 nitrogen and oxygen atoms in total. The van der Waals surface area contributed by atoms with Crippen molar-refractivity contribution in [1.82, 2.24) is 4.90 Å². The summed E-state index contributed by atoms with van der Waals surface area (Å²) >= 11 is 0. The van der Waals surface area contributed by atoms with Crippen LogP contribution in [0.3, 0.4) is 0 Å². The van der Waals surface area contributed by atoms with E-state index in [2.05, 4.69) is 4.90 Å². The Balaban J connectivity index is 1.67. The molecule has 1 heterocycles. The van der Waals surface area contributed by atoms with Crippen molar-refractivity contribution in [2.75, 3.05) is 59.5 Å². The number of anilines is 1. The lowest BCUT2D eigenvalue weighted by molar-refractivity contribution is -0.126. The molecule has 0 atom stereocenters. The Labute approximate surface area is 177 Å². The monoisotopic (exact) mass is 412 g/mol. The van der Waals surface area contributed by atoms with Gasteiger partial charge < -0.3 is 28.7 Å². The van der Waals surface area contributed by atoms with Crippen molar-refractivity contribution >= 4 is 17.7 Å². The van der Waals surface area contributed by atoms with Gasteiger partial charge in [0, 0.05) is 37.8 Å². The van der Waals surface area contributed by atoms with Crippen LogP contribution in [0.4, 0.5) is 5.69 Å². The second-order valence-corrected chi connectivity index (χ2v) is 6.74. The Morgan fingerprint density at radius 2 is 1.47 bits per heavy atom. The molecule has 0 aromatic heterocycles. The first-order valence-corrected chi connectivity index (χ1v) is 9.76. The van der Waals surface area contributed by atoms with Crippen LogP contribution in [0.25, 0.3) is 6.08 Å². The first-order valence-electron chi connectivity index (χ1n) is 9.76. The summed E-state index contributed by atoms with van der Waals surface area (Å²) in [6.07, 6.45) is 3.32. The fraction of sp³-hybridized carbons (Fsp3) is 0.348. The third-order valence-electron chi connectivity index (χ3n) is 5.16. The minimum Gasteiger partial charge on any atom is -0.495 e. The smallest absolute Gasteiger partial charge is 0.246 e. The van der Waals surface area contributed by atoms with Gasteiger partial charge in [0.15, 0.2) is 11.5 Å². The third-order valence-corrected chi connectivity index (χ3v) is 5.16. The van der Waals surface area contributed by atoms with E-state index in [0.717, 1.165) is 30.1 Å². The summed E-state index contributed by atoms with van der Waals surface area (Å²) in [6, 6.07) is 11.6. The Morgan fingerprint density at radius 1 is 0.800 bits per heavy atom. The van der Waals surface area contributed by atoms with E-state index in [-0.39, 0.29) is 5.91 Å². The topological polar surface area (TPSA) is 60.5 Å². The molecule has 2 aromatic carbocycles. The Hall–Kier alpha value is -3.35. The fourth-order valence-corrected chi connectivity index (χ4v) is 3.58. The SMILES string of the molecule is COc1ccccc1N1CCN(C(=O)/C=C/c2ccc(OC)c(OC)c2OC)CC1.